The van der Waals surface area contributed by atoms with Crippen LogP contribution in [0.15, 0.2) is 23.2 Å². The van der Waals surface area contributed by atoms with Gasteiger partial charge in [0.2, 0.25) is 10.0 Å². The maximum atomic E-state index is 12.7. The number of aromatic nitrogens is 1. The van der Waals surface area contributed by atoms with Crippen molar-refractivity contribution in [2.24, 2.45) is 5.41 Å². The minimum Gasteiger partial charge on any atom is -0.373 e. The lowest BCUT2D eigenvalue weighted by atomic mass is 9.76. The van der Waals surface area contributed by atoms with Gasteiger partial charge in [-0.2, -0.15) is 4.31 Å². The third-order valence-electron chi connectivity index (χ3n) is 4.49. The van der Waals surface area contributed by atoms with E-state index in [4.69, 9.17) is 0 Å². The predicted molar refractivity (Wildman–Crippen MR) is 84.8 cm³/mol. The molecule has 0 atom stereocenters. The van der Waals surface area contributed by atoms with Gasteiger partial charge in [0.15, 0.2) is 0 Å². The number of pyridine rings is 1. The molecular weight excluding hydrogens is 286 g/mol. The SMILES string of the molecule is CNc1cc(S(=O)(=O)N(C)C2CCC(C)(C)CC2)ccn1. The summed E-state index contributed by atoms with van der Waals surface area (Å²) < 4.78 is 27.0. The first-order valence-electron chi connectivity index (χ1n) is 7.38. The third-order valence-corrected chi connectivity index (χ3v) is 6.39. The van der Waals surface area contributed by atoms with Crippen LogP contribution in [0.2, 0.25) is 0 Å². The Balaban J connectivity index is 2.19. The highest BCUT2D eigenvalue weighted by Gasteiger charge is 2.34. The molecule has 0 spiro atoms. The summed E-state index contributed by atoms with van der Waals surface area (Å²) in [6, 6.07) is 3.23. The molecule has 0 aromatic carbocycles. The number of nitrogens with one attached hydrogen (secondary N) is 1. The van der Waals surface area contributed by atoms with Crippen molar-refractivity contribution in [2.45, 2.75) is 50.5 Å². The molecule has 0 unspecified atom stereocenters. The van der Waals surface area contributed by atoms with Gasteiger partial charge >= 0.3 is 0 Å². The van der Waals surface area contributed by atoms with Gasteiger partial charge < -0.3 is 5.32 Å². The molecule has 1 aliphatic rings. The van der Waals surface area contributed by atoms with Crippen molar-refractivity contribution in [3.63, 3.8) is 0 Å². The Labute approximate surface area is 127 Å². The molecular formula is C15H25N3O2S. The molecule has 0 radical (unpaired) electrons. The van der Waals surface area contributed by atoms with Crippen molar-refractivity contribution >= 4 is 15.8 Å². The minimum absolute atomic E-state index is 0.0919. The van der Waals surface area contributed by atoms with E-state index in [0.29, 0.717) is 16.1 Å². The minimum atomic E-state index is -3.46. The van der Waals surface area contributed by atoms with Crippen LogP contribution in [0.3, 0.4) is 0 Å². The Bertz CT molecular complexity index is 589. The molecule has 1 aliphatic carbocycles. The Morgan fingerprint density at radius 2 is 1.95 bits per heavy atom. The Morgan fingerprint density at radius 3 is 2.52 bits per heavy atom. The van der Waals surface area contributed by atoms with Crippen molar-refractivity contribution in [1.29, 1.82) is 0 Å². The van der Waals surface area contributed by atoms with Gasteiger partial charge in [-0.3, -0.25) is 0 Å². The lowest BCUT2D eigenvalue weighted by molar-refractivity contribution is 0.174. The van der Waals surface area contributed by atoms with E-state index in [1.165, 1.54) is 10.5 Å². The van der Waals surface area contributed by atoms with Crippen molar-refractivity contribution in [3.05, 3.63) is 18.3 Å². The maximum absolute atomic E-state index is 12.7. The van der Waals surface area contributed by atoms with Gasteiger partial charge in [-0.25, -0.2) is 13.4 Å². The summed E-state index contributed by atoms with van der Waals surface area (Å²) in [6.45, 7) is 4.50. The first-order valence-corrected chi connectivity index (χ1v) is 8.82. The van der Waals surface area contributed by atoms with Crippen molar-refractivity contribution in [3.8, 4) is 0 Å². The zero-order chi connectivity index (χ0) is 15.7. The lowest BCUT2D eigenvalue weighted by Crippen LogP contribution is -2.40. The van der Waals surface area contributed by atoms with Crippen LogP contribution in [0.4, 0.5) is 5.82 Å². The smallest absolute Gasteiger partial charge is 0.243 e. The number of nitrogens with zero attached hydrogens (tertiary/aromatic N) is 2. The second-order valence-corrected chi connectivity index (χ2v) is 8.54. The van der Waals surface area contributed by atoms with E-state index < -0.39 is 10.0 Å². The molecule has 1 heterocycles. The normalized spacial score (nSPS) is 19.7. The van der Waals surface area contributed by atoms with E-state index in [1.54, 1.807) is 26.2 Å². The van der Waals surface area contributed by atoms with Crippen molar-refractivity contribution in [2.75, 3.05) is 19.4 Å². The molecule has 1 fully saturated rings. The quantitative estimate of drug-likeness (QED) is 0.928. The zero-order valence-corrected chi connectivity index (χ0v) is 14.1. The van der Waals surface area contributed by atoms with Gasteiger partial charge in [0, 0.05) is 32.4 Å². The second-order valence-electron chi connectivity index (χ2n) is 6.54. The highest BCUT2D eigenvalue weighted by atomic mass is 32.2. The molecule has 6 heteroatoms. The molecule has 0 bridgehead atoms. The second kappa shape index (κ2) is 5.93. The molecule has 1 aromatic rings. The fraction of sp³-hybridized carbons (Fsp3) is 0.667. The topological polar surface area (TPSA) is 62.3 Å². The van der Waals surface area contributed by atoms with Gasteiger partial charge in [0.1, 0.15) is 5.82 Å². The summed E-state index contributed by atoms with van der Waals surface area (Å²) in [5, 5.41) is 2.87. The average molecular weight is 311 g/mol. The van der Waals surface area contributed by atoms with Crippen LogP contribution in [0.25, 0.3) is 0 Å². The first kappa shape index (κ1) is 16.2. The highest BCUT2D eigenvalue weighted by molar-refractivity contribution is 7.89. The van der Waals surface area contributed by atoms with E-state index >= 15 is 0 Å². The van der Waals surface area contributed by atoms with E-state index in [-0.39, 0.29) is 6.04 Å². The third kappa shape index (κ3) is 3.55. The van der Waals surface area contributed by atoms with Crippen molar-refractivity contribution < 1.29 is 8.42 Å². The molecule has 0 aliphatic heterocycles. The van der Waals surface area contributed by atoms with E-state index in [0.717, 1.165) is 25.7 Å². The van der Waals surface area contributed by atoms with Gasteiger partial charge in [-0.1, -0.05) is 13.8 Å². The monoisotopic (exact) mass is 311 g/mol. The zero-order valence-electron chi connectivity index (χ0n) is 13.3. The lowest BCUT2D eigenvalue weighted by Gasteiger charge is -2.38. The molecule has 21 heavy (non-hydrogen) atoms. The van der Waals surface area contributed by atoms with Gasteiger partial charge in [0.05, 0.1) is 4.90 Å². The number of rotatable bonds is 4. The fourth-order valence-corrected chi connectivity index (χ4v) is 4.25. The van der Waals surface area contributed by atoms with E-state index in [1.807, 2.05) is 0 Å². The molecule has 2 rings (SSSR count). The van der Waals surface area contributed by atoms with Crippen LogP contribution in [-0.2, 0) is 10.0 Å². The largest absolute Gasteiger partial charge is 0.373 e. The number of hydrogen-bond acceptors (Lipinski definition) is 4. The summed E-state index contributed by atoms with van der Waals surface area (Å²) in [6.07, 6.45) is 5.50. The summed E-state index contributed by atoms with van der Waals surface area (Å²) in [7, 11) is -0.0350. The summed E-state index contributed by atoms with van der Waals surface area (Å²) >= 11 is 0. The summed E-state index contributed by atoms with van der Waals surface area (Å²) in [5.74, 6) is 0.564. The molecule has 1 saturated carbocycles. The number of hydrogen-bond donors (Lipinski definition) is 1. The van der Waals surface area contributed by atoms with Crippen LogP contribution < -0.4 is 5.32 Å². The van der Waals surface area contributed by atoms with E-state index in [9.17, 15) is 8.42 Å². The molecule has 118 valence electrons. The number of sulfonamides is 1. The first-order chi connectivity index (χ1) is 9.76. The predicted octanol–water partition coefficient (Wildman–Crippen LogP) is 2.71. The molecule has 0 saturated heterocycles. The molecule has 5 nitrogen and oxygen atoms in total. The van der Waals surface area contributed by atoms with Crippen LogP contribution in [0.1, 0.15) is 39.5 Å². The molecule has 1 N–H and O–H groups in total. The average Bonchev–Trinajstić information content (AvgIpc) is 2.46. The van der Waals surface area contributed by atoms with Crippen LogP contribution in [-0.4, -0.2) is 37.8 Å². The Morgan fingerprint density at radius 1 is 1.33 bits per heavy atom. The Kier molecular flexibility index (Phi) is 4.58. The molecule has 0 amide bonds. The summed E-state index contributed by atoms with van der Waals surface area (Å²) in [4.78, 5) is 4.37. The number of anilines is 1. The highest BCUT2D eigenvalue weighted by Crippen LogP contribution is 2.37. The van der Waals surface area contributed by atoms with Gasteiger partial charge in [0.25, 0.3) is 0 Å². The summed E-state index contributed by atoms with van der Waals surface area (Å²) in [5.41, 5.74) is 0.330. The molecule has 1 aromatic heterocycles. The van der Waals surface area contributed by atoms with Crippen LogP contribution in [0, 0.1) is 5.41 Å². The fourth-order valence-electron chi connectivity index (χ4n) is 2.82. The van der Waals surface area contributed by atoms with E-state index in [2.05, 4.69) is 24.1 Å². The van der Waals surface area contributed by atoms with Crippen LogP contribution in [0.5, 0.6) is 0 Å². The maximum Gasteiger partial charge on any atom is 0.243 e. The van der Waals surface area contributed by atoms with Crippen LogP contribution >= 0.6 is 0 Å². The van der Waals surface area contributed by atoms with Gasteiger partial charge in [-0.15, -0.1) is 0 Å². The standard InChI is InChI=1S/C15H25N3O2S/c1-15(2)8-5-12(6-9-15)18(4)21(19,20)13-7-10-17-14(11-13)16-3/h7,10-12H,5-6,8-9H2,1-4H3,(H,16,17). The van der Waals surface area contributed by atoms with Crippen molar-refractivity contribution in [1.82, 2.24) is 9.29 Å². The Hall–Kier alpha value is -1.14. The van der Waals surface area contributed by atoms with Gasteiger partial charge in [-0.05, 0) is 37.2 Å².